The number of nitrogens with two attached hydrogens (primary N) is 1. The molecule has 0 atom stereocenters. The second kappa shape index (κ2) is 10.4. The second-order valence-electron chi connectivity index (χ2n) is 4.11. The molecule has 0 aliphatic heterocycles. The number of nitrogens with zero attached hydrogens (tertiary/aromatic N) is 1. The maximum atomic E-state index is 10.6. The van der Waals surface area contributed by atoms with Gasteiger partial charge in [-0.05, 0) is 54.3 Å². The zero-order valence-electron chi connectivity index (χ0n) is 11.0. The first-order valence-electron chi connectivity index (χ1n) is 5.35. The van der Waals surface area contributed by atoms with Crippen LogP contribution < -0.4 is 5.73 Å². The molecule has 0 saturated carbocycles. The molecule has 0 saturated heterocycles. The molecule has 0 aliphatic carbocycles. The van der Waals surface area contributed by atoms with Crippen molar-refractivity contribution in [2.45, 2.75) is 33.6 Å². The maximum absolute atomic E-state index is 10.6. The van der Waals surface area contributed by atoms with Gasteiger partial charge in [-0.1, -0.05) is 6.08 Å². The van der Waals surface area contributed by atoms with Crippen LogP contribution in [0, 0.1) is 0 Å². The minimum absolute atomic E-state index is 0.167. The Kier molecular flexibility index (Phi) is 11.2. The van der Waals surface area contributed by atoms with Gasteiger partial charge in [-0.25, -0.2) is 0 Å². The standard InChI is InChI=1S/C9H18N2O.C3H6O/c1-8(9(10)12)6-4-5-7-11(2)3;1-3(2)4/h6H,4-5,7H2,1-3H3,(H2,10,12);1-2H3. The van der Waals surface area contributed by atoms with Crippen molar-refractivity contribution in [2.75, 3.05) is 20.6 Å². The van der Waals surface area contributed by atoms with Crippen LogP contribution in [0.25, 0.3) is 0 Å². The maximum Gasteiger partial charge on any atom is 0.244 e. The number of carbonyl (C=O) groups is 2. The van der Waals surface area contributed by atoms with E-state index in [0.717, 1.165) is 19.4 Å². The van der Waals surface area contributed by atoms with Crippen LogP contribution in [0.3, 0.4) is 0 Å². The van der Waals surface area contributed by atoms with Crippen LogP contribution in [0.4, 0.5) is 0 Å². The fourth-order valence-electron chi connectivity index (χ4n) is 0.827. The van der Waals surface area contributed by atoms with Crippen molar-refractivity contribution >= 4 is 11.7 Å². The molecule has 0 heterocycles. The number of hydrogen-bond donors (Lipinski definition) is 1. The molecule has 0 fully saturated rings. The zero-order valence-corrected chi connectivity index (χ0v) is 11.0. The molecular formula is C12H24N2O2. The number of hydrogen-bond acceptors (Lipinski definition) is 3. The predicted molar refractivity (Wildman–Crippen MR) is 67.1 cm³/mol. The molecule has 0 aromatic rings. The molecule has 1 amide bonds. The molecule has 0 rings (SSSR count). The fourth-order valence-corrected chi connectivity index (χ4v) is 0.827. The second-order valence-corrected chi connectivity index (χ2v) is 4.11. The van der Waals surface area contributed by atoms with Crippen molar-refractivity contribution in [3.8, 4) is 0 Å². The highest BCUT2D eigenvalue weighted by atomic mass is 16.1. The Hall–Kier alpha value is -1.16. The van der Waals surface area contributed by atoms with Crippen molar-refractivity contribution in [1.29, 1.82) is 0 Å². The summed E-state index contributed by atoms with van der Waals surface area (Å²) in [5.74, 6) is -0.153. The number of Topliss-reactive ketones (excluding diaryl/α,β-unsaturated/α-hetero) is 1. The Bertz CT molecular complexity index is 241. The molecule has 0 aromatic heterocycles. The van der Waals surface area contributed by atoms with Crippen LogP contribution in [0.15, 0.2) is 11.6 Å². The molecule has 16 heavy (non-hydrogen) atoms. The number of primary amides is 1. The average molecular weight is 228 g/mol. The molecule has 0 radical (unpaired) electrons. The highest BCUT2D eigenvalue weighted by molar-refractivity contribution is 5.91. The Balaban J connectivity index is 0. The van der Waals surface area contributed by atoms with E-state index in [0.29, 0.717) is 5.57 Å². The lowest BCUT2D eigenvalue weighted by Gasteiger charge is -2.06. The van der Waals surface area contributed by atoms with Gasteiger partial charge in [-0.2, -0.15) is 0 Å². The third kappa shape index (κ3) is 18.6. The van der Waals surface area contributed by atoms with Crippen LogP contribution in [-0.2, 0) is 9.59 Å². The normalized spacial score (nSPS) is 10.8. The highest BCUT2D eigenvalue weighted by Gasteiger charge is 1.95. The smallest absolute Gasteiger partial charge is 0.244 e. The number of rotatable bonds is 5. The number of carbonyl (C=O) groups excluding carboxylic acids is 2. The summed E-state index contributed by atoms with van der Waals surface area (Å²) in [4.78, 5) is 22.1. The minimum Gasteiger partial charge on any atom is -0.366 e. The molecular weight excluding hydrogens is 204 g/mol. The summed E-state index contributed by atoms with van der Waals surface area (Å²) < 4.78 is 0. The molecule has 0 bridgehead atoms. The lowest BCUT2D eigenvalue weighted by molar-refractivity contribution is -0.115. The van der Waals surface area contributed by atoms with Gasteiger partial charge >= 0.3 is 0 Å². The average Bonchev–Trinajstić information content (AvgIpc) is 2.10. The molecule has 0 spiro atoms. The first kappa shape index (κ1) is 17.2. The number of ketones is 1. The molecule has 0 aromatic carbocycles. The van der Waals surface area contributed by atoms with Crippen LogP contribution in [0.1, 0.15) is 33.6 Å². The van der Waals surface area contributed by atoms with Crippen molar-refractivity contribution in [3.63, 3.8) is 0 Å². The number of amides is 1. The van der Waals surface area contributed by atoms with Crippen LogP contribution >= 0.6 is 0 Å². The van der Waals surface area contributed by atoms with E-state index in [1.54, 1.807) is 6.92 Å². The monoisotopic (exact) mass is 228 g/mol. The quantitative estimate of drug-likeness (QED) is 0.571. The van der Waals surface area contributed by atoms with Crippen molar-refractivity contribution < 1.29 is 9.59 Å². The Morgan fingerprint density at radius 3 is 1.94 bits per heavy atom. The van der Waals surface area contributed by atoms with E-state index >= 15 is 0 Å². The lowest BCUT2D eigenvalue weighted by Crippen LogP contribution is -2.13. The van der Waals surface area contributed by atoms with E-state index in [2.05, 4.69) is 4.90 Å². The summed E-state index contributed by atoms with van der Waals surface area (Å²) in [6.45, 7) is 5.85. The SMILES string of the molecule is CC(=CCCCN(C)C)C(N)=O.CC(C)=O. The van der Waals surface area contributed by atoms with Gasteiger partial charge in [0.05, 0.1) is 0 Å². The Labute approximate surface area is 98.5 Å². The molecule has 4 nitrogen and oxygen atoms in total. The first-order valence-corrected chi connectivity index (χ1v) is 5.35. The minimum atomic E-state index is -0.320. The van der Waals surface area contributed by atoms with Gasteiger partial charge in [-0.3, -0.25) is 4.79 Å². The summed E-state index contributed by atoms with van der Waals surface area (Å²) in [5, 5.41) is 0. The van der Waals surface area contributed by atoms with E-state index in [1.165, 1.54) is 13.8 Å². The van der Waals surface area contributed by atoms with Crippen molar-refractivity contribution in [3.05, 3.63) is 11.6 Å². The molecule has 0 aliphatic rings. The van der Waals surface area contributed by atoms with Gasteiger partial charge in [0.2, 0.25) is 5.91 Å². The van der Waals surface area contributed by atoms with Gasteiger partial charge in [0, 0.05) is 5.57 Å². The molecule has 0 unspecified atom stereocenters. The summed E-state index contributed by atoms with van der Waals surface area (Å²) in [5.41, 5.74) is 5.72. The third-order valence-electron chi connectivity index (χ3n) is 1.65. The summed E-state index contributed by atoms with van der Waals surface area (Å²) in [7, 11) is 4.06. The summed E-state index contributed by atoms with van der Waals surface area (Å²) >= 11 is 0. The Morgan fingerprint density at radius 2 is 1.62 bits per heavy atom. The zero-order chi connectivity index (χ0) is 13.1. The summed E-state index contributed by atoms with van der Waals surface area (Å²) in [6.07, 6.45) is 3.89. The molecule has 94 valence electrons. The van der Waals surface area contributed by atoms with E-state index < -0.39 is 0 Å². The predicted octanol–water partition coefficient (Wildman–Crippen LogP) is 1.36. The van der Waals surface area contributed by atoms with Gasteiger partial charge in [0.25, 0.3) is 0 Å². The van der Waals surface area contributed by atoms with Gasteiger partial charge < -0.3 is 15.4 Å². The van der Waals surface area contributed by atoms with Gasteiger partial charge in [0.15, 0.2) is 0 Å². The molecule has 2 N–H and O–H groups in total. The van der Waals surface area contributed by atoms with Crippen LogP contribution in [0.2, 0.25) is 0 Å². The van der Waals surface area contributed by atoms with Crippen molar-refractivity contribution in [2.24, 2.45) is 5.73 Å². The van der Waals surface area contributed by atoms with E-state index in [9.17, 15) is 9.59 Å². The highest BCUT2D eigenvalue weighted by Crippen LogP contribution is 1.97. The van der Waals surface area contributed by atoms with Crippen LogP contribution in [0.5, 0.6) is 0 Å². The fraction of sp³-hybridized carbons (Fsp3) is 0.667. The topological polar surface area (TPSA) is 63.4 Å². The molecule has 4 heteroatoms. The largest absolute Gasteiger partial charge is 0.366 e. The Morgan fingerprint density at radius 1 is 1.19 bits per heavy atom. The van der Waals surface area contributed by atoms with Crippen molar-refractivity contribution in [1.82, 2.24) is 4.90 Å². The lowest BCUT2D eigenvalue weighted by atomic mass is 10.2. The van der Waals surface area contributed by atoms with Crippen LogP contribution in [-0.4, -0.2) is 37.2 Å². The number of unbranched alkanes of at least 4 members (excludes halogenated alkanes) is 1. The van der Waals surface area contributed by atoms with Gasteiger partial charge in [0.1, 0.15) is 5.78 Å². The van der Waals surface area contributed by atoms with E-state index in [4.69, 9.17) is 5.73 Å². The van der Waals surface area contributed by atoms with E-state index in [-0.39, 0.29) is 11.7 Å². The number of allylic oxidation sites excluding steroid dienone is 1. The third-order valence-corrected chi connectivity index (χ3v) is 1.65. The van der Waals surface area contributed by atoms with Gasteiger partial charge in [-0.15, -0.1) is 0 Å². The first-order chi connectivity index (χ1) is 7.27. The van der Waals surface area contributed by atoms with E-state index in [1.807, 2.05) is 20.2 Å². The summed E-state index contributed by atoms with van der Waals surface area (Å²) in [6, 6.07) is 0.